The van der Waals surface area contributed by atoms with E-state index in [0.29, 0.717) is 0 Å². The Bertz CT molecular complexity index is 1230. The normalized spacial score (nSPS) is 14.1. The number of nitrogens with one attached hydrogen (secondary N) is 2. The number of quaternary nitrogens is 1. The Morgan fingerprint density at radius 1 is 0.778 bits per heavy atom. The van der Waals surface area contributed by atoms with Crippen LogP contribution in [0, 0.1) is 0 Å². The summed E-state index contributed by atoms with van der Waals surface area (Å²) in [6.07, 6.45) is 0. The van der Waals surface area contributed by atoms with Gasteiger partial charge in [-0.05, 0) is 41.5 Å². The quantitative estimate of drug-likeness (QED) is 0.377. The Kier molecular flexibility index (Phi) is 7.65. The van der Waals surface area contributed by atoms with E-state index in [0.717, 1.165) is 54.6 Å². The Morgan fingerprint density at radius 3 is 1.92 bits per heavy atom. The second-order valence-electron chi connectivity index (χ2n) is 9.30. The predicted molar refractivity (Wildman–Crippen MR) is 148 cm³/mol. The Balaban J connectivity index is 1.21. The minimum Gasteiger partial charge on any atom is -0.360 e. The number of benzene rings is 4. The molecule has 1 fully saturated rings. The first-order chi connectivity index (χ1) is 17.7. The molecule has 1 amide bonds. The summed E-state index contributed by atoms with van der Waals surface area (Å²) in [7, 11) is 0. The molecule has 4 nitrogen and oxygen atoms in total. The highest BCUT2D eigenvalue weighted by Crippen LogP contribution is 2.27. The van der Waals surface area contributed by atoms with Crippen LogP contribution in [0.2, 0.25) is 5.02 Å². The molecule has 0 radical (unpaired) electrons. The van der Waals surface area contributed by atoms with Crippen molar-refractivity contribution in [1.29, 1.82) is 0 Å². The van der Waals surface area contributed by atoms with Crippen LogP contribution in [-0.2, 0) is 11.3 Å². The number of nitrogens with zero attached hydrogens (tertiary/aromatic N) is 1. The molecule has 0 atom stereocenters. The summed E-state index contributed by atoms with van der Waals surface area (Å²) >= 11 is 6.35. The van der Waals surface area contributed by atoms with Crippen molar-refractivity contribution in [3.8, 4) is 0 Å². The summed E-state index contributed by atoms with van der Waals surface area (Å²) in [5.41, 5.74) is 5.17. The van der Waals surface area contributed by atoms with Crippen LogP contribution >= 0.6 is 11.6 Å². The summed E-state index contributed by atoms with van der Waals surface area (Å²) < 4.78 is 0. The summed E-state index contributed by atoms with van der Waals surface area (Å²) in [4.78, 5) is 17.3. The average Bonchev–Trinajstić information content (AvgIpc) is 2.92. The molecule has 4 aromatic rings. The molecule has 5 rings (SSSR count). The van der Waals surface area contributed by atoms with E-state index >= 15 is 0 Å². The fourth-order valence-electron chi connectivity index (χ4n) is 4.93. The number of anilines is 2. The molecule has 5 heteroatoms. The van der Waals surface area contributed by atoms with Crippen LogP contribution in [-0.4, -0.2) is 32.1 Å². The van der Waals surface area contributed by atoms with Crippen LogP contribution in [0.5, 0.6) is 0 Å². The van der Waals surface area contributed by atoms with Crippen molar-refractivity contribution in [3.05, 3.63) is 131 Å². The lowest BCUT2D eigenvalue weighted by molar-refractivity contribution is -0.914. The SMILES string of the molecule is O=C(Nc1ccc(N2CC[NH+](Cc3ccccc3Cl)CC2)cc1)C(c1ccccc1)c1ccccc1. The number of carbonyl (C=O) groups excluding carboxylic acids is 1. The molecule has 1 aliphatic rings. The Labute approximate surface area is 218 Å². The van der Waals surface area contributed by atoms with Crippen molar-refractivity contribution in [1.82, 2.24) is 0 Å². The van der Waals surface area contributed by atoms with Gasteiger partial charge in [0.1, 0.15) is 6.54 Å². The summed E-state index contributed by atoms with van der Waals surface area (Å²) in [6.45, 7) is 5.09. The second kappa shape index (κ2) is 11.4. The molecule has 182 valence electrons. The lowest BCUT2D eigenvalue weighted by atomic mass is 9.90. The number of hydrogen-bond acceptors (Lipinski definition) is 2. The molecule has 1 heterocycles. The van der Waals surface area contributed by atoms with Crippen LogP contribution in [0.15, 0.2) is 109 Å². The number of carbonyl (C=O) groups is 1. The zero-order valence-corrected chi connectivity index (χ0v) is 21.0. The fraction of sp³-hybridized carbons (Fsp3) is 0.194. The molecule has 1 saturated heterocycles. The van der Waals surface area contributed by atoms with Gasteiger partial charge in [-0.25, -0.2) is 0 Å². The molecule has 4 aromatic carbocycles. The highest BCUT2D eigenvalue weighted by molar-refractivity contribution is 6.31. The van der Waals surface area contributed by atoms with Gasteiger partial charge in [-0.15, -0.1) is 0 Å². The zero-order chi connectivity index (χ0) is 24.7. The van der Waals surface area contributed by atoms with Crippen molar-refractivity contribution in [2.75, 3.05) is 36.4 Å². The number of amides is 1. The van der Waals surface area contributed by atoms with Gasteiger partial charge in [0, 0.05) is 22.0 Å². The van der Waals surface area contributed by atoms with Crippen LogP contribution in [0.1, 0.15) is 22.6 Å². The van der Waals surface area contributed by atoms with Crippen molar-refractivity contribution < 1.29 is 9.69 Å². The molecule has 0 aromatic heterocycles. The molecular weight excluding hydrogens is 466 g/mol. The van der Waals surface area contributed by atoms with Crippen molar-refractivity contribution in [2.45, 2.75) is 12.5 Å². The maximum Gasteiger partial charge on any atom is 0.236 e. The van der Waals surface area contributed by atoms with E-state index in [9.17, 15) is 4.79 Å². The third-order valence-corrected chi connectivity index (χ3v) is 7.27. The van der Waals surface area contributed by atoms with E-state index < -0.39 is 0 Å². The van der Waals surface area contributed by atoms with E-state index in [2.05, 4.69) is 34.5 Å². The third kappa shape index (κ3) is 5.78. The molecule has 0 aliphatic carbocycles. The van der Waals surface area contributed by atoms with Crippen LogP contribution in [0.3, 0.4) is 0 Å². The summed E-state index contributed by atoms with van der Waals surface area (Å²) in [6, 6.07) is 36.2. The first-order valence-corrected chi connectivity index (χ1v) is 12.9. The van der Waals surface area contributed by atoms with Crippen LogP contribution in [0.25, 0.3) is 0 Å². The van der Waals surface area contributed by atoms with Gasteiger partial charge in [0.05, 0.1) is 32.1 Å². The van der Waals surface area contributed by atoms with E-state index in [1.165, 1.54) is 11.3 Å². The number of rotatable bonds is 7. The molecule has 1 aliphatic heterocycles. The average molecular weight is 497 g/mol. The molecule has 0 saturated carbocycles. The van der Waals surface area contributed by atoms with Gasteiger partial charge in [-0.3, -0.25) is 4.79 Å². The third-order valence-electron chi connectivity index (χ3n) is 6.90. The molecule has 0 spiro atoms. The Morgan fingerprint density at radius 2 is 1.33 bits per heavy atom. The second-order valence-corrected chi connectivity index (χ2v) is 9.70. The smallest absolute Gasteiger partial charge is 0.236 e. The van der Waals surface area contributed by atoms with Gasteiger partial charge in [-0.1, -0.05) is 90.5 Å². The number of halogens is 1. The molecular formula is C31H31ClN3O+. The minimum atomic E-state index is -0.360. The van der Waals surface area contributed by atoms with E-state index in [-0.39, 0.29) is 11.8 Å². The first kappa shape index (κ1) is 24.1. The van der Waals surface area contributed by atoms with Gasteiger partial charge in [0.2, 0.25) is 5.91 Å². The van der Waals surface area contributed by atoms with Crippen molar-refractivity contribution >= 4 is 28.9 Å². The van der Waals surface area contributed by atoms with Crippen molar-refractivity contribution in [3.63, 3.8) is 0 Å². The monoisotopic (exact) mass is 496 g/mol. The molecule has 36 heavy (non-hydrogen) atoms. The van der Waals surface area contributed by atoms with Crippen LogP contribution in [0.4, 0.5) is 11.4 Å². The van der Waals surface area contributed by atoms with Gasteiger partial charge >= 0.3 is 0 Å². The minimum absolute atomic E-state index is 0.0306. The van der Waals surface area contributed by atoms with E-state index in [1.807, 2.05) is 84.9 Å². The molecule has 2 N–H and O–H groups in total. The van der Waals surface area contributed by atoms with Gasteiger partial charge in [-0.2, -0.15) is 0 Å². The standard InChI is InChI=1S/C31H30ClN3O/c32-29-14-8-7-13-26(29)23-34-19-21-35(22-20-34)28-17-15-27(16-18-28)33-31(36)30(24-9-3-1-4-10-24)25-11-5-2-6-12-25/h1-18,30H,19-23H2,(H,33,36)/p+1. The summed E-state index contributed by atoms with van der Waals surface area (Å²) in [5, 5.41) is 3.99. The largest absolute Gasteiger partial charge is 0.360 e. The molecule has 0 unspecified atom stereocenters. The first-order valence-electron chi connectivity index (χ1n) is 12.5. The zero-order valence-electron chi connectivity index (χ0n) is 20.2. The maximum atomic E-state index is 13.4. The number of hydrogen-bond donors (Lipinski definition) is 2. The highest BCUT2D eigenvalue weighted by atomic mass is 35.5. The topological polar surface area (TPSA) is 36.8 Å². The molecule has 0 bridgehead atoms. The van der Waals surface area contributed by atoms with Gasteiger partial charge < -0.3 is 15.1 Å². The van der Waals surface area contributed by atoms with E-state index in [4.69, 9.17) is 11.6 Å². The van der Waals surface area contributed by atoms with Gasteiger partial charge in [0.25, 0.3) is 0 Å². The maximum absolute atomic E-state index is 13.4. The highest BCUT2D eigenvalue weighted by Gasteiger charge is 2.24. The summed E-state index contributed by atoms with van der Waals surface area (Å²) in [5.74, 6) is -0.391. The lowest BCUT2D eigenvalue weighted by Gasteiger charge is -2.34. The fourth-order valence-corrected chi connectivity index (χ4v) is 5.13. The predicted octanol–water partition coefficient (Wildman–Crippen LogP) is 5.02. The Hall–Kier alpha value is -3.60. The van der Waals surface area contributed by atoms with Crippen molar-refractivity contribution in [2.24, 2.45) is 0 Å². The van der Waals surface area contributed by atoms with Crippen LogP contribution < -0.4 is 15.1 Å². The lowest BCUT2D eigenvalue weighted by Crippen LogP contribution is -3.13. The van der Waals surface area contributed by atoms with E-state index in [1.54, 1.807) is 4.90 Å². The number of piperazine rings is 1. The van der Waals surface area contributed by atoms with Gasteiger partial charge in [0.15, 0.2) is 0 Å².